The minimum absolute atomic E-state index is 0.739. The van der Waals surface area contributed by atoms with E-state index in [1.165, 1.54) is 10.9 Å². The molecule has 3 heteroatoms. The Labute approximate surface area is 107 Å². The van der Waals surface area contributed by atoms with E-state index < -0.39 is 0 Å². The van der Waals surface area contributed by atoms with Crippen LogP contribution in [-0.4, -0.2) is 11.5 Å². The number of unbranched alkanes of at least 4 members (excludes halogenated alkanes) is 1. The smallest absolute Gasteiger partial charge is 0.0722 e. The predicted molar refractivity (Wildman–Crippen MR) is 73.5 cm³/mol. The summed E-state index contributed by atoms with van der Waals surface area (Å²) in [4.78, 5) is 4.52. The van der Waals surface area contributed by atoms with E-state index in [9.17, 15) is 0 Å². The van der Waals surface area contributed by atoms with Crippen molar-refractivity contribution in [3.63, 3.8) is 0 Å². The van der Waals surface area contributed by atoms with Crippen LogP contribution in [-0.2, 0) is 6.42 Å². The highest BCUT2D eigenvalue weighted by molar-refractivity contribution is 6.31. The van der Waals surface area contributed by atoms with E-state index in [-0.39, 0.29) is 0 Å². The van der Waals surface area contributed by atoms with Crippen molar-refractivity contribution in [1.29, 1.82) is 0 Å². The maximum Gasteiger partial charge on any atom is 0.0722 e. The summed E-state index contributed by atoms with van der Waals surface area (Å²) in [7, 11) is 0. The fourth-order valence-electron chi connectivity index (χ4n) is 2.09. The van der Waals surface area contributed by atoms with E-state index in [4.69, 9.17) is 17.3 Å². The van der Waals surface area contributed by atoms with E-state index in [1.54, 1.807) is 0 Å². The molecule has 0 bridgehead atoms. The molecule has 1 aromatic heterocycles. The van der Waals surface area contributed by atoms with Crippen molar-refractivity contribution in [2.24, 2.45) is 5.73 Å². The van der Waals surface area contributed by atoms with Gasteiger partial charge >= 0.3 is 0 Å². The molecule has 0 atom stereocenters. The molecule has 90 valence electrons. The van der Waals surface area contributed by atoms with E-state index in [1.807, 2.05) is 19.1 Å². The SMILES string of the molecule is Cc1cc(CCCCN)c2ccc(Cl)cc2n1. The van der Waals surface area contributed by atoms with Crippen LogP contribution >= 0.6 is 11.6 Å². The minimum Gasteiger partial charge on any atom is -0.330 e. The van der Waals surface area contributed by atoms with Gasteiger partial charge in [0.1, 0.15) is 0 Å². The molecule has 17 heavy (non-hydrogen) atoms. The summed E-state index contributed by atoms with van der Waals surface area (Å²) in [5.41, 5.74) is 8.90. The van der Waals surface area contributed by atoms with Gasteiger partial charge in [-0.25, -0.2) is 0 Å². The fourth-order valence-corrected chi connectivity index (χ4v) is 2.25. The second-order valence-electron chi connectivity index (χ2n) is 4.33. The van der Waals surface area contributed by atoms with E-state index in [0.717, 1.165) is 42.0 Å². The maximum atomic E-state index is 5.99. The van der Waals surface area contributed by atoms with Gasteiger partial charge in [-0.15, -0.1) is 0 Å². The third kappa shape index (κ3) is 2.96. The van der Waals surface area contributed by atoms with Crippen molar-refractivity contribution in [2.45, 2.75) is 26.2 Å². The number of fused-ring (bicyclic) bond motifs is 1. The fraction of sp³-hybridized carbons (Fsp3) is 0.357. The molecule has 0 amide bonds. The van der Waals surface area contributed by atoms with Gasteiger partial charge in [-0.3, -0.25) is 4.98 Å². The Balaban J connectivity index is 2.39. The number of halogens is 1. The topological polar surface area (TPSA) is 38.9 Å². The highest BCUT2D eigenvalue weighted by Gasteiger charge is 2.04. The Morgan fingerprint density at radius 2 is 2.06 bits per heavy atom. The predicted octanol–water partition coefficient (Wildman–Crippen LogP) is 3.48. The molecule has 2 N–H and O–H groups in total. The standard InChI is InChI=1S/C14H17ClN2/c1-10-8-11(4-2-3-7-16)13-6-5-12(15)9-14(13)17-10/h5-6,8-9H,2-4,7,16H2,1H3. The monoisotopic (exact) mass is 248 g/mol. The molecule has 1 aromatic carbocycles. The lowest BCUT2D eigenvalue weighted by Gasteiger charge is -2.08. The Kier molecular flexibility index (Phi) is 3.97. The first-order valence-corrected chi connectivity index (χ1v) is 6.34. The van der Waals surface area contributed by atoms with Gasteiger partial charge in [-0.05, 0) is 56.5 Å². The molecule has 0 spiro atoms. The number of aromatic nitrogens is 1. The van der Waals surface area contributed by atoms with Crippen LogP contribution in [0.15, 0.2) is 24.3 Å². The van der Waals surface area contributed by atoms with Crippen LogP contribution in [0.4, 0.5) is 0 Å². The third-order valence-corrected chi connectivity index (χ3v) is 3.12. The first-order chi connectivity index (χ1) is 8.20. The molecule has 2 nitrogen and oxygen atoms in total. The molecule has 2 rings (SSSR count). The van der Waals surface area contributed by atoms with Crippen molar-refractivity contribution in [3.05, 3.63) is 40.5 Å². The second kappa shape index (κ2) is 5.48. The molecule has 0 aliphatic heterocycles. The van der Waals surface area contributed by atoms with Crippen molar-refractivity contribution < 1.29 is 0 Å². The normalized spacial score (nSPS) is 11.0. The third-order valence-electron chi connectivity index (χ3n) is 2.89. The van der Waals surface area contributed by atoms with Crippen LogP contribution in [0.2, 0.25) is 5.02 Å². The van der Waals surface area contributed by atoms with Crippen LogP contribution in [0.1, 0.15) is 24.1 Å². The first kappa shape index (κ1) is 12.3. The van der Waals surface area contributed by atoms with Crippen LogP contribution in [0.5, 0.6) is 0 Å². The average Bonchev–Trinajstić information content (AvgIpc) is 2.28. The molecule has 0 saturated carbocycles. The summed E-state index contributed by atoms with van der Waals surface area (Å²) in [5, 5.41) is 1.94. The molecular weight excluding hydrogens is 232 g/mol. The number of hydrogen-bond donors (Lipinski definition) is 1. The van der Waals surface area contributed by atoms with Crippen LogP contribution in [0, 0.1) is 6.92 Å². The zero-order valence-electron chi connectivity index (χ0n) is 10.0. The number of aryl methyl sites for hydroxylation is 2. The van der Waals surface area contributed by atoms with E-state index in [0.29, 0.717) is 0 Å². The van der Waals surface area contributed by atoms with Gasteiger partial charge in [0, 0.05) is 16.1 Å². The van der Waals surface area contributed by atoms with E-state index >= 15 is 0 Å². The molecular formula is C14H17ClN2. The quantitative estimate of drug-likeness (QED) is 0.842. The lowest BCUT2D eigenvalue weighted by molar-refractivity contribution is 0.746. The average molecular weight is 249 g/mol. The lowest BCUT2D eigenvalue weighted by Crippen LogP contribution is -2.00. The number of hydrogen-bond acceptors (Lipinski definition) is 2. The number of pyridine rings is 1. The summed E-state index contributed by atoms with van der Waals surface area (Å²) in [6, 6.07) is 8.07. The van der Waals surface area contributed by atoms with Crippen molar-refractivity contribution >= 4 is 22.5 Å². The van der Waals surface area contributed by atoms with Crippen molar-refractivity contribution in [2.75, 3.05) is 6.54 Å². The van der Waals surface area contributed by atoms with Crippen molar-refractivity contribution in [3.8, 4) is 0 Å². The van der Waals surface area contributed by atoms with Crippen LogP contribution in [0.25, 0.3) is 10.9 Å². The van der Waals surface area contributed by atoms with E-state index in [2.05, 4.69) is 17.1 Å². The van der Waals surface area contributed by atoms with Crippen LogP contribution in [0.3, 0.4) is 0 Å². The Morgan fingerprint density at radius 1 is 1.24 bits per heavy atom. The second-order valence-corrected chi connectivity index (χ2v) is 4.77. The Hall–Kier alpha value is -1.12. The van der Waals surface area contributed by atoms with Gasteiger partial charge < -0.3 is 5.73 Å². The molecule has 0 radical (unpaired) electrons. The van der Waals surface area contributed by atoms with Crippen LogP contribution < -0.4 is 5.73 Å². The Morgan fingerprint density at radius 3 is 2.82 bits per heavy atom. The summed E-state index contributed by atoms with van der Waals surface area (Å²) in [5.74, 6) is 0. The molecule has 1 heterocycles. The summed E-state index contributed by atoms with van der Waals surface area (Å²) in [6.07, 6.45) is 3.24. The molecule has 0 fully saturated rings. The van der Waals surface area contributed by atoms with Gasteiger partial charge in [0.25, 0.3) is 0 Å². The van der Waals surface area contributed by atoms with Gasteiger partial charge in [0.2, 0.25) is 0 Å². The summed E-state index contributed by atoms with van der Waals surface area (Å²) in [6.45, 7) is 2.78. The lowest BCUT2D eigenvalue weighted by atomic mass is 10.0. The maximum absolute atomic E-state index is 5.99. The molecule has 0 saturated heterocycles. The number of nitrogens with two attached hydrogens (primary N) is 1. The molecule has 0 aliphatic carbocycles. The zero-order valence-corrected chi connectivity index (χ0v) is 10.8. The number of rotatable bonds is 4. The molecule has 0 unspecified atom stereocenters. The summed E-state index contributed by atoms with van der Waals surface area (Å²) < 4.78 is 0. The van der Waals surface area contributed by atoms with Gasteiger partial charge in [-0.2, -0.15) is 0 Å². The summed E-state index contributed by atoms with van der Waals surface area (Å²) >= 11 is 5.99. The largest absolute Gasteiger partial charge is 0.330 e. The highest BCUT2D eigenvalue weighted by atomic mass is 35.5. The zero-order chi connectivity index (χ0) is 12.3. The number of nitrogens with zero attached hydrogens (tertiary/aromatic N) is 1. The minimum atomic E-state index is 0.739. The number of benzene rings is 1. The van der Waals surface area contributed by atoms with Gasteiger partial charge in [0.05, 0.1) is 5.52 Å². The van der Waals surface area contributed by atoms with Gasteiger partial charge in [-0.1, -0.05) is 17.7 Å². The molecule has 2 aromatic rings. The van der Waals surface area contributed by atoms with Gasteiger partial charge in [0.15, 0.2) is 0 Å². The molecule has 0 aliphatic rings. The highest BCUT2D eigenvalue weighted by Crippen LogP contribution is 2.23. The van der Waals surface area contributed by atoms with Crippen molar-refractivity contribution in [1.82, 2.24) is 4.98 Å². The Bertz CT molecular complexity index is 518. The first-order valence-electron chi connectivity index (χ1n) is 5.96.